The van der Waals surface area contributed by atoms with Gasteiger partial charge in [-0.3, -0.25) is 0 Å². The van der Waals surface area contributed by atoms with Crippen molar-refractivity contribution in [3.8, 4) is 6.07 Å². The van der Waals surface area contributed by atoms with E-state index in [9.17, 15) is 0 Å². The predicted octanol–water partition coefficient (Wildman–Crippen LogP) is 3.31. The fourth-order valence-electron chi connectivity index (χ4n) is 1.16. The Morgan fingerprint density at radius 3 is 2.33 bits per heavy atom. The zero-order valence-corrected chi connectivity index (χ0v) is 9.89. The second kappa shape index (κ2) is 3.35. The van der Waals surface area contributed by atoms with E-state index in [1.807, 2.05) is 31.2 Å². The Balaban J connectivity index is 3.10. The molecule has 0 aromatic heterocycles. The number of halogens is 2. The summed E-state index contributed by atoms with van der Waals surface area (Å²) in [6.07, 6.45) is 8.57. The van der Waals surface area contributed by atoms with Gasteiger partial charge >= 0.3 is 0 Å². The Labute approximate surface area is 89.4 Å². The highest BCUT2D eigenvalue weighted by molar-refractivity contribution is 9.13. The Bertz CT molecular complexity index is 277. The number of nitrogens with zero attached hydrogens (tertiary/aromatic N) is 1. The van der Waals surface area contributed by atoms with Gasteiger partial charge in [0, 0.05) is 0 Å². The standard InChI is InChI=1S/C9H9Br2N/c1-2-8(10)5-3-4-6-9(8,11)7-12/h3-6H,2H2,1H3. The van der Waals surface area contributed by atoms with Crippen LogP contribution in [0.4, 0.5) is 0 Å². The molecule has 0 heterocycles. The van der Waals surface area contributed by atoms with Gasteiger partial charge in [-0.15, -0.1) is 0 Å². The maximum Gasteiger partial charge on any atom is 0.149 e. The molecule has 64 valence electrons. The molecule has 0 bridgehead atoms. The number of hydrogen-bond acceptors (Lipinski definition) is 1. The average molecular weight is 291 g/mol. The van der Waals surface area contributed by atoms with Gasteiger partial charge in [0.2, 0.25) is 0 Å². The van der Waals surface area contributed by atoms with E-state index in [0.717, 1.165) is 6.42 Å². The SMILES string of the molecule is CCC1(Br)C=CC=CC1(Br)C#N. The molecule has 0 aromatic carbocycles. The molecule has 2 atom stereocenters. The maximum absolute atomic E-state index is 9.00. The Kier molecular flexibility index (Phi) is 2.80. The van der Waals surface area contributed by atoms with E-state index in [2.05, 4.69) is 37.9 Å². The van der Waals surface area contributed by atoms with E-state index < -0.39 is 4.32 Å². The second-order valence-corrected chi connectivity index (χ2v) is 5.42. The third-order valence-corrected chi connectivity index (χ3v) is 5.21. The highest BCUT2D eigenvalue weighted by atomic mass is 79.9. The highest BCUT2D eigenvalue weighted by Gasteiger charge is 2.44. The lowest BCUT2D eigenvalue weighted by molar-refractivity contribution is 0.652. The van der Waals surface area contributed by atoms with Crippen LogP contribution in [0.25, 0.3) is 0 Å². The van der Waals surface area contributed by atoms with Crippen molar-refractivity contribution < 1.29 is 0 Å². The summed E-state index contributed by atoms with van der Waals surface area (Å²) < 4.78 is -0.882. The molecule has 12 heavy (non-hydrogen) atoms. The minimum atomic E-state index is -0.608. The number of hydrogen-bond donors (Lipinski definition) is 0. The molecule has 0 spiro atoms. The third-order valence-electron chi connectivity index (χ3n) is 2.08. The summed E-state index contributed by atoms with van der Waals surface area (Å²) in [5.41, 5.74) is 0. The number of rotatable bonds is 1. The van der Waals surface area contributed by atoms with Gasteiger partial charge in [0.15, 0.2) is 0 Å². The van der Waals surface area contributed by atoms with Crippen LogP contribution in [-0.2, 0) is 0 Å². The Morgan fingerprint density at radius 1 is 1.33 bits per heavy atom. The van der Waals surface area contributed by atoms with E-state index in [1.165, 1.54) is 0 Å². The van der Waals surface area contributed by atoms with Gasteiger partial charge in [-0.25, -0.2) is 0 Å². The number of allylic oxidation sites excluding steroid dienone is 4. The lowest BCUT2D eigenvalue weighted by Crippen LogP contribution is -2.41. The molecule has 1 rings (SSSR count). The maximum atomic E-state index is 9.00. The summed E-state index contributed by atoms with van der Waals surface area (Å²) in [6.45, 7) is 2.05. The van der Waals surface area contributed by atoms with Crippen LogP contribution in [0.1, 0.15) is 13.3 Å². The topological polar surface area (TPSA) is 23.8 Å². The first-order valence-electron chi connectivity index (χ1n) is 3.74. The molecule has 3 heteroatoms. The lowest BCUT2D eigenvalue weighted by Gasteiger charge is -2.34. The highest BCUT2D eigenvalue weighted by Crippen LogP contribution is 2.44. The molecule has 1 aliphatic carbocycles. The van der Waals surface area contributed by atoms with Gasteiger partial charge in [-0.2, -0.15) is 5.26 Å². The van der Waals surface area contributed by atoms with Gasteiger partial charge in [0.05, 0.1) is 10.4 Å². The Morgan fingerprint density at radius 2 is 1.92 bits per heavy atom. The first-order valence-corrected chi connectivity index (χ1v) is 5.33. The van der Waals surface area contributed by atoms with Crippen molar-refractivity contribution in [3.63, 3.8) is 0 Å². The molecule has 0 N–H and O–H groups in total. The summed E-state index contributed by atoms with van der Waals surface area (Å²) in [5.74, 6) is 0. The van der Waals surface area contributed by atoms with Crippen LogP contribution in [0.3, 0.4) is 0 Å². The fourth-order valence-corrected chi connectivity index (χ4v) is 2.10. The first kappa shape index (κ1) is 10.0. The van der Waals surface area contributed by atoms with Crippen molar-refractivity contribution in [2.75, 3.05) is 0 Å². The molecular weight excluding hydrogens is 282 g/mol. The van der Waals surface area contributed by atoms with Crippen LogP contribution in [-0.4, -0.2) is 8.65 Å². The Hall–Kier alpha value is -0.0700. The van der Waals surface area contributed by atoms with Crippen molar-refractivity contribution >= 4 is 31.9 Å². The minimum Gasteiger partial charge on any atom is -0.196 e. The molecule has 0 radical (unpaired) electrons. The minimum absolute atomic E-state index is 0.274. The summed E-state index contributed by atoms with van der Waals surface area (Å²) in [5, 5.41) is 9.00. The summed E-state index contributed by atoms with van der Waals surface area (Å²) >= 11 is 7.00. The van der Waals surface area contributed by atoms with Gasteiger partial charge in [-0.05, 0) is 6.42 Å². The molecule has 0 aliphatic heterocycles. The van der Waals surface area contributed by atoms with Gasteiger partial charge in [0.1, 0.15) is 4.32 Å². The molecule has 0 fully saturated rings. The number of nitriles is 1. The van der Waals surface area contributed by atoms with Crippen LogP contribution in [0.2, 0.25) is 0 Å². The molecule has 0 amide bonds. The van der Waals surface area contributed by atoms with E-state index in [-0.39, 0.29) is 4.32 Å². The number of alkyl halides is 2. The zero-order chi connectivity index (χ0) is 9.24. The third kappa shape index (κ3) is 1.38. The molecule has 2 unspecified atom stereocenters. The molecule has 0 saturated heterocycles. The quantitative estimate of drug-likeness (QED) is 0.680. The van der Waals surface area contributed by atoms with Crippen molar-refractivity contribution in [3.05, 3.63) is 24.3 Å². The van der Waals surface area contributed by atoms with Crippen LogP contribution < -0.4 is 0 Å². The van der Waals surface area contributed by atoms with Crippen LogP contribution in [0.15, 0.2) is 24.3 Å². The van der Waals surface area contributed by atoms with E-state index in [4.69, 9.17) is 5.26 Å². The van der Waals surface area contributed by atoms with E-state index in [0.29, 0.717) is 0 Å². The smallest absolute Gasteiger partial charge is 0.149 e. The second-order valence-electron chi connectivity index (χ2n) is 2.76. The summed E-state index contributed by atoms with van der Waals surface area (Å²) in [4.78, 5) is 0. The largest absolute Gasteiger partial charge is 0.196 e. The monoisotopic (exact) mass is 289 g/mol. The zero-order valence-electron chi connectivity index (χ0n) is 6.72. The molecule has 0 aromatic rings. The fraction of sp³-hybridized carbons (Fsp3) is 0.444. The molecule has 0 saturated carbocycles. The predicted molar refractivity (Wildman–Crippen MR) is 57.5 cm³/mol. The van der Waals surface area contributed by atoms with Crippen LogP contribution in [0.5, 0.6) is 0 Å². The van der Waals surface area contributed by atoms with Crippen LogP contribution >= 0.6 is 31.9 Å². The molecular formula is C9H9Br2N. The van der Waals surface area contributed by atoms with Crippen molar-refractivity contribution in [1.82, 2.24) is 0 Å². The van der Waals surface area contributed by atoms with Crippen molar-refractivity contribution in [2.24, 2.45) is 0 Å². The van der Waals surface area contributed by atoms with Gasteiger partial charge < -0.3 is 0 Å². The van der Waals surface area contributed by atoms with Crippen LogP contribution in [0, 0.1) is 11.3 Å². The van der Waals surface area contributed by atoms with Crippen molar-refractivity contribution in [1.29, 1.82) is 5.26 Å². The first-order chi connectivity index (χ1) is 5.58. The summed E-state index contributed by atoms with van der Waals surface area (Å²) in [7, 11) is 0. The average Bonchev–Trinajstić information content (AvgIpc) is 2.10. The summed E-state index contributed by atoms with van der Waals surface area (Å²) in [6, 6.07) is 2.25. The van der Waals surface area contributed by atoms with Gasteiger partial charge in [-0.1, -0.05) is 63.1 Å². The molecule has 1 nitrogen and oxygen atoms in total. The van der Waals surface area contributed by atoms with E-state index in [1.54, 1.807) is 0 Å². The normalized spacial score (nSPS) is 39.5. The molecule has 1 aliphatic rings. The lowest BCUT2D eigenvalue weighted by atomic mass is 9.87. The van der Waals surface area contributed by atoms with Crippen molar-refractivity contribution in [2.45, 2.75) is 22.0 Å². The van der Waals surface area contributed by atoms with Gasteiger partial charge in [0.25, 0.3) is 0 Å². The van der Waals surface area contributed by atoms with E-state index >= 15 is 0 Å².